The van der Waals surface area contributed by atoms with E-state index in [-0.39, 0.29) is 5.97 Å². The number of benzene rings is 2. The number of fused-ring (bicyclic) bond motifs is 1. The Bertz CT molecular complexity index is 1280. The van der Waals surface area contributed by atoms with Gasteiger partial charge in [0.1, 0.15) is 11.6 Å². The van der Waals surface area contributed by atoms with Gasteiger partial charge in [-0.15, -0.1) is 0 Å². The van der Waals surface area contributed by atoms with Crippen LogP contribution in [0.4, 0.5) is 0 Å². The van der Waals surface area contributed by atoms with Gasteiger partial charge in [0.05, 0.1) is 35.9 Å². The number of nitrogens with zero attached hydrogens (tertiary/aromatic N) is 3. The fourth-order valence-electron chi connectivity index (χ4n) is 4.39. The van der Waals surface area contributed by atoms with Crippen molar-refractivity contribution in [3.05, 3.63) is 53.7 Å². The van der Waals surface area contributed by atoms with Crippen LogP contribution in [0.15, 0.2) is 42.5 Å². The van der Waals surface area contributed by atoms with E-state index in [4.69, 9.17) is 14.6 Å². The number of carbonyl (C=O) groups excluding carboxylic acids is 1. The molecular weight excluding hydrogens is 366 g/mol. The van der Waals surface area contributed by atoms with Gasteiger partial charge < -0.3 is 14.0 Å². The van der Waals surface area contributed by atoms with E-state index in [9.17, 15) is 4.79 Å². The summed E-state index contributed by atoms with van der Waals surface area (Å²) >= 11 is 0. The monoisotopic (exact) mass is 387 g/mol. The zero-order valence-corrected chi connectivity index (χ0v) is 16.2. The third kappa shape index (κ3) is 2.55. The third-order valence-corrected chi connectivity index (χ3v) is 5.99. The molecule has 3 heterocycles. The molecule has 0 N–H and O–H groups in total. The Morgan fingerprint density at radius 3 is 2.93 bits per heavy atom. The fraction of sp³-hybridized carbons (Fsp3) is 0.304. The highest BCUT2D eigenvalue weighted by atomic mass is 16.5. The minimum atomic E-state index is -0.378. The Kier molecular flexibility index (Phi) is 3.51. The van der Waals surface area contributed by atoms with Crippen molar-refractivity contribution in [3.8, 4) is 11.6 Å². The van der Waals surface area contributed by atoms with E-state index < -0.39 is 0 Å². The van der Waals surface area contributed by atoms with Crippen LogP contribution >= 0.6 is 0 Å². The number of carbonyl (C=O) groups is 1. The minimum Gasteiger partial charge on any atom is -0.492 e. The van der Waals surface area contributed by atoms with Crippen LogP contribution in [0.1, 0.15) is 28.9 Å². The van der Waals surface area contributed by atoms with Crippen molar-refractivity contribution in [1.82, 2.24) is 14.3 Å². The summed E-state index contributed by atoms with van der Waals surface area (Å²) in [4.78, 5) is 12.1. The SMILES string of the molecule is COC(=O)c1cc2c3c(n(-c4cc5ccccc5n4CC4CC4)nc3c1)CCO2. The zero-order chi connectivity index (χ0) is 19.5. The summed E-state index contributed by atoms with van der Waals surface area (Å²) in [5.74, 6) is 2.16. The van der Waals surface area contributed by atoms with Gasteiger partial charge in [0.15, 0.2) is 0 Å². The van der Waals surface area contributed by atoms with Crippen molar-refractivity contribution in [2.45, 2.75) is 25.8 Å². The molecule has 1 saturated carbocycles. The summed E-state index contributed by atoms with van der Waals surface area (Å²) in [5, 5.41) is 7.14. The molecular formula is C23H21N3O3. The number of hydrogen-bond donors (Lipinski definition) is 0. The number of rotatable bonds is 4. The maximum atomic E-state index is 12.1. The number of esters is 1. The summed E-state index contributed by atoms with van der Waals surface area (Å²) in [5.41, 5.74) is 3.61. The normalized spacial score (nSPS) is 15.6. The maximum absolute atomic E-state index is 12.1. The second-order valence-corrected chi connectivity index (χ2v) is 7.93. The minimum absolute atomic E-state index is 0.378. The lowest BCUT2D eigenvalue weighted by Crippen LogP contribution is -2.15. The largest absolute Gasteiger partial charge is 0.492 e. The summed E-state index contributed by atoms with van der Waals surface area (Å²) in [6.07, 6.45) is 3.37. The molecule has 0 spiro atoms. The summed E-state index contributed by atoms with van der Waals surface area (Å²) in [7, 11) is 1.39. The first-order valence-corrected chi connectivity index (χ1v) is 10.1. The number of methoxy groups -OCH3 is 1. The predicted molar refractivity (Wildman–Crippen MR) is 110 cm³/mol. The molecule has 0 saturated heterocycles. The molecule has 0 amide bonds. The smallest absolute Gasteiger partial charge is 0.338 e. The number of ether oxygens (including phenoxy) is 2. The summed E-state index contributed by atoms with van der Waals surface area (Å²) in [6.45, 7) is 1.58. The number of aromatic nitrogens is 3. The molecule has 146 valence electrons. The molecule has 1 aliphatic carbocycles. The topological polar surface area (TPSA) is 58.3 Å². The molecule has 0 atom stereocenters. The number of hydrogen-bond acceptors (Lipinski definition) is 4. The lowest BCUT2D eigenvalue weighted by atomic mass is 10.1. The Balaban J connectivity index is 1.61. The van der Waals surface area contributed by atoms with Gasteiger partial charge in [-0.2, -0.15) is 5.10 Å². The van der Waals surface area contributed by atoms with Gasteiger partial charge >= 0.3 is 5.97 Å². The highest BCUT2D eigenvalue weighted by molar-refractivity contribution is 5.98. The highest BCUT2D eigenvalue weighted by Gasteiger charge is 2.27. The number of para-hydroxylation sites is 1. The van der Waals surface area contributed by atoms with E-state index in [1.807, 2.05) is 0 Å². The van der Waals surface area contributed by atoms with Gasteiger partial charge in [-0.05, 0) is 43.0 Å². The second-order valence-electron chi connectivity index (χ2n) is 7.93. The maximum Gasteiger partial charge on any atom is 0.338 e. The zero-order valence-electron chi connectivity index (χ0n) is 16.2. The van der Waals surface area contributed by atoms with Crippen LogP contribution in [0.5, 0.6) is 5.75 Å². The van der Waals surface area contributed by atoms with Gasteiger partial charge in [-0.1, -0.05) is 18.2 Å². The lowest BCUT2D eigenvalue weighted by Gasteiger charge is -2.17. The van der Waals surface area contributed by atoms with Crippen molar-refractivity contribution in [2.75, 3.05) is 13.7 Å². The van der Waals surface area contributed by atoms with E-state index in [0.717, 1.165) is 41.3 Å². The standard InChI is InChI=1S/C23H21N3O3/c1-28-23(27)16-10-17-22-19(8-9-29-20(22)11-16)26(24-17)21-12-15-4-2-3-5-18(15)25(21)13-14-6-7-14/h2-5,10-12,14H,6-9,13H2,1H3. The molecule has 2 aliphatic rings. The van der Waals surface area contributed by atoms with Crippen LogP contribution in [0.3, 0.4) is 0 Å². The van der Waals surface area contributed by atoms with Crippen LogP contribution in [0, 0.1) is 5.92 Å². The van der Waals surface area contributed by atoms with Gasteiger partial charge in [-0.3, -0.25) is 0 Å². The van der Waals surface area contributed by atoms with Crippen LogP contribution in [0.2, 0.25) is 0 Å². The molecule has 4 aromatic rings. The molecule has 1 fully saturated rings. The molecule has 0 unspecified atom stereocenters. The first-order chi connectivity index (χ1) is 14.2. The van der Waals surface area contributed by atoms with Crippen molar-refractivity contribution < 1.29 is 14.3 Å². The van der Waals surface area contributed by atoms with E-state index in [1.54, 1.807) is 12.1 Å². The average molecular weight is 387 g/mol. The Hall–Kier alpha value is -3.28. The molecule has 2 aromatic carbocycles. The van der Waals surface area contributed by atoms with Crippen molar-refractivity contribution in [1.29, 1.82) is 0 Å². The van der Waals surface area contributed by atoms with E-state index in [2.05, 4.69) is 39.6 Å². The predicted octanol–water partition coefficient (Wildman–Crippen LogP) is 4.11. The quantitative estimate of drug-likeness (QED) is 0.495. The third-order valence-electron chi connectivity index (χ3n) is 5.99. The van der Waals surface area contributed by atoms with Crippen LogP contribution in [-0.2, 0) is 17.7 Å². The Morgan fingerprint density at radius 1 is 1.24 bits per heavy atom. The van der Waals surface area contributed by atoms with Gasteiger partial charge in [0.25, 0.3) is 0 Å². The summed E-state index contributed by atoms with van der Waals surface area (Å²) < 4.78 is 15.2. The second kappa shape index (κ2) is 6.11. The van der Waals surface area contributed by atoms with E-state index in [1.165, 1.54) is 30.9 Å². The van der Waals surface area contributed by atoms with Gasteiger partial charge in [0.2, 0.25) is 0 Å². The molecule has 6 nitrogen and oxygen atoms in total. The van der Waals surface area contributed by atoms with E-state index in [0.29, 0.717) is 17.9 Å². The molecule has 29 heavy (non-hydrogen) atoms. The van der Waals surface area contributed by atoms with Gasteiger partial charge in [0, 0.05) is 23.9 Å². The summed E-state index contributed by atoms with van der Waals surface area (Å²) in [6, 6.07) is 14.3. The van der Waals surface area contributed by atoms with Crippen molar-refractivity contribution in [2.24, 2.45) is 5.92 Å². The average Bonchev–Trinajstić information content (AvgIpc) is 3.40. The molecule has 0 bridgehead atoms. The molecule has 2 aromatic heterocycles. The molecule has 6 rings (SSSR count). The first-order valence-electron chi connectivity index (χ1n) is 10.1. The Labute approximate surface area is 167 Å². The fourth-order valence-corrected chi connectivity index (χ4v) is 4.39. The lowest BCUT2D eigenvalue weighted by molar-refractivity contribution is 0.0600. The van der Waals surface area contributed by atoms with Crippen molar-refractivity contribution >= 4 is 27.8 Å². The molecule has 1 aliphatic heterocycles. The van der Waals surface area contributed by atoms with Crippen molar-refractivity contribution in [3.63, 3.8) is 0 Å². The highest BCUT2D eigenvalue weighted by Crippen LogP contribution is 2.38. The van der Waals surface area contributed by atoms with Crippen LogP contribution in [-0.4, -0.2) is 34.0 Å². The van der Waals surface area contributed by atoms with Gasteiger partial charge in [-0.25, -0.2) is 9.48 Å². The van der Waals surface area contributed by atoms with Crippen LogP contribution in [0.25, 0.3) is 27.6 Å². The van der Waals surface area contributed by atoms with E-state index >= 15 is 0 Å². The Morgan fingerprint density at radius 2 is 2.10 bits per heavy atom. The van der Waals surface area contributed by atoms with Crippen LogP contribution < -0.4 is 4.74 Å². The molecule has 6 heteroatoms. The molecule has 0 radical (unpaired) electrons. The first kappa shape index (κ1) is 16.7.